The molecule has 3 heterocycles. The third kappa shape index (κ3) is 3.05. The molecule has 1 aliphatic rings. The van der Waals surface area contributed by atoms with E-state index >= 15 is 0 Å². The molecule has 0 radical (unpaired) electrons. The Morgan fingerprint density at radius 3 is 2.84 bits per heavy atom. The Hall–Kier alpha value is -1.90. The van der Waals surface area contributed by atoms with Crippen LogP contribution < -0.4 is 4.90 Å². The maximum Gasteiger partial charge on any atom is 0.225 e. The van der Waals surface area contributed by atoms with Gasteiger partial charge < -0.3 is 9.64 Å². The number of anilines is 1. The maximum absolute atomic E-state index is 14.2. The molecule has 0 bridgehead atoms. The van der Waals surface area contributed by atoms with E-state index in [0.717, 1.165) is 30.7 Å². The summed E-state index contributed by atoms with van der Waals surface area (Å²) >= 11 is 7.35. The zero-order chi connectivity index (χ0) is 17.6. The van der Waals surface area contributed by atoms with Gasteiger partial charge in [0.25, 0.3) is 0 Å². The van der Waals surface area contributed by atoms with Crippen LogP contribution in [0.3, 0.4) is 0 Å². The molecule has 0 saturated carbocycles. The van der Waals surface area contributed by atoms with Crippen LogP contribution in [0.5, 0.6) is 0 Å². The molecular weight excluding hydrogens is 370 g/mol. The lowest BCUT2D eigenvalue weighted by Crippen LogP contribution is -2.21. The number of hydrogen-bond acceptors (Lipinski definition) is 6. The van der Waals surface area contributed by atoms with Crippen molar-refractivity contribution in [3.05, 3.63) is 35.1 Å². The van der Waals surface area contributed by atoms with Crippen molar-refractivity contribution in [3.63, 3.8) is 0 Å². The lowest BCUT2D eigenvalue weighted by atomic mass is 10.1. The van der Waals surface area contributed by atoms with Gasteiger partial charge in [-0.05, 0) is 30.2 Å². The predicted molar refractivity (Wildman–Crippen MR) is 93.2 cm³/mol. The number of hydrogen-bond donors (Lipinski definition) is 0. The summed E-state index contributed by atoms with van der Waals surface area (Å²) in [5, 5.41) is 0.731. The first kappa shape index (κ1) is 16.6. The Bertz CT molecular complexity index is 951. The molecule has 0 amide bonds. The van der Waals surface area contributed by atoms with Gasteiger partial charge in [0, 0.05) is 31.8 Å². The first-order valence-electron chi connectivity index (χ1n) is 7.62. The molecule has 0 aliphatic carbocycles. The van der Waals surface area contributed by atoms with Gasteiger partial charge in [-0.1, -0.05) is 11.3 Å². The molecule has 1 atom stereocenters. The average Bonchev–Trinajstić information content (AvgIpc) is 3.20. The highest BCUT2D eigenvalue weighted by atomic mass is 35.5. The second-order valence-electron chi connectivity index (χ2n) is 5.71. The minimum atomic E-state index is -0.702. The van der Waals surface area contributed by atoms with Crippen molar-refractivity contribution in [2.24, 2.45) is 0 Å². The summed E-state index contributed by atoms with van der Waals surface area (Å²) in [4.78, 5) is 14.9. The number of nitrogens with zero attached hydrogens (tertiary/aromatic N) is 4. The standard InChI is InChI=1S/C16H13ClF2N4OS/c1-24-9-4-5-23(7-9)16-22-14-13(25-16)12(20-15(17)21-14)10-3-2-8(18)6-11(10)19/h2-3,6,9H,4-5,7H2,1H3/t9-/m0/s1. The van der Waals surface area contributed by atoms with E-state index in [1.54, 1.807) is 7.11 Å². The van der Waals surface area contributed by atoms with Crippen molar-refractivity contribution in [1.29, 1.82) is 0 Å². The third-order valence-corrected chi connectivity index (χ3v) is 5.43. The molecule has 9 heteroatoms. The smallest absolute Gasteiger partial charge is 0.225 e. The van der Waals surface area contributed by atoms with Gasteiger partial charge in [-0.25, -0.2) is 13.8 Å². The largest absolute Gasteiger partial charge is 0.380 e. The normalized spacial score (nSPS) is 17.6. The number of benzene rings is 1. The molecule has 1 fully saturated rings. The van der Waals surface area contributed by atoms with Gasteiger partial charge in [-0.15, -0.1) is 0 Å². The zero-order valence-electron chi connectivity index (χ0n) is 13.2. The van der Waals surface area contributed by atoms with E-state index in [9.17, 15) is 8.78 Å². The van der Waals surface area contributed by atoms with E-state index in [0.29, 0.717) is 16.0 Å². The fraction of sp³-hybridized carbons (Fsp3) is 0.312. The van der Waals surface area contributed by atoms with Crippen molar-refractivity contribution in [1.82, 2.24) is 15.0 Å². The molecule has 1 aliphatic heterocycles. The number of halogens is 3. The van der Waals surface area contributed by atoms with E-state index in [2.05, 4.69) is 19.9 Å². The van der Waals surface area contributed by atoms with Crippen LogP contribution in [-0.2, 0) is 4.74 Å². The Kier molecular flexibility index (Phi) is 4.26. The summed E-state index contributed by atoms with van der Waals surface area (Å²) in [5.74, 6) is -1.35. The third-order valence-electron chi connectivity index (χ3n) is 4.15. The Labute approximate surface area is 151 Å². The fourth-order valence-electron chi connectivity index (χ4n) is 2.88. The van der Waals surface area contributed by atoms with Crippen molar-refractivity contribution in [2.75, 3.05) is 25.1 Å². The Balaban J connectivity index is 1.82. The molecule has 0 N–H and O–H groups in total. The monoisotopic (exact) mass is 382 g/mol. The number of methoxy groups -OCH3 is 1. The highest BCUT2D eigenvalue weighted by molar-refractivity contribution is 7.22. The first-order valence-corrected chi connectivity index (χ1v) is 8.82. The Morgan fingerprint density at radius 2 is 2.12 bits per heavy atom. The number of ether oxygens (including phenoxy) is 1. The van der Waals surface area contributed by atoms with Crippen LogP contribution in [0.25, 0.3) is 21.6 Å². The van der Waals surface area contributed by atoms with Crippen molar-refractivity contribution >= 4 is 38.4 Å². The van der Waals surface area contributed by atoms with Crippen LogP contribution in [0.2, 0.25) is 5.28 Å². The fourth-order valence-corrected chi connectivity index (χ4v) is 4.09. The zero-order valence-corrected chi connectivity index (χ0v) is 14.7. The van der Waals surface area contributed by atoms with Crippen LogP contribution in [0.4, 0.5) is 13.9 Å². The highest BCUT2D eigenvalue weighted by Gasteiger charge is 2.26. The van der Waals surface area contributed by atoms with Gasteiger partial charge in [-0.2, -0.15) is 9.97 Å². The van der Waals surface area contributed by atoms with Gasteiger partial charge in [-0.3, -0.25) is 0 Å². The number of rotatable bonds is 3. The molecule has 5 nitrogen and oxygen atoms in total. The van der Waals surface area contributed by atoms with Gasteiger partial charge in [0.05, 0.1) is 11.8 Å². The van der Waals surface area contributed by atoms with Crippen molar-refractivity contribution in [3.8, 4) is 11.3 Å². The van der Waals surface area contributed by atoms with Gasteiger partial charge >= 0.3 is 0 Å². The van der Waals surface area contributed by atoms with Crippen LogP contribution in [0.15, 0.2) is 18.2 Å². The summed E-state index contributed by atoms with van der Waals surface area (Å²) in [6.07, 6.45) is 1.08. The summed E-state index contributed by atoms with van der Waals surface area (Å²) < 4.78 is 33.4. The molecule has 3 aromatic rings. The van der Waals surface area contributed by atoms with E-state index in [-0.39, 0.29) is 17.0 Å². The second-order valence-corrected chi connectivity index (χ2v) is 7.02. The minimum absolute atomic E-state index is 0.0285. The SMILES string of the molecule is CO[C@H]1CCN(c2nc3nc(Cl)nc(-c4ccc(F)cc4F)c3s2)C1. The molecule has 0 spiro atoms. The summed E-state index contributed by atoms with van der Waals surface area (Å²) in [7, 11) is 1.69. The lowest BCUT2D eigenvalue weighted by Gasteiger charge is -2.13. The van der Waals surface area contributed by atoms with E-state index < -0.39 is 11.6 Å². The average molecular weight is 383 g/mol. The molecular formula is C16H13ClF2N4OS. The lowest BCUT2D eigenvalue weighted by molar-refractivity contribution is 0.121. The second kappa shape index (κ2) is 6.44. The van der Waals surface area contributed by atoms with Crippen LogP contribution >= 0.6 is 22.9 Å². The van der Waals surface area contributed by atoms with Crippen LogP contribution in [0, 0.1) is 11.6 Å². The maximum atomic E-state index is 14.2. The molecule has 0 unspecified atom stereocenters. The molecule has 130 valence electrons. The predicted octanol–water partition coefficient (Wildman–Crippen LogP) is 3.91. The molecule has 25 heavy (non-hydrogen) atoms. The highest BCUT2D eigenvalue weighted by Crippen LogP contribution is 2.37. The summed E-state index contributed by atoms with van der Waals surface area (Å²) in [5.41, 5.74) is 0.889. The molecule has 1 saturated heterocycles. The van der Waals surface area contributed by atoms with Crippen molar-refractivity contribution < 1.29 is 13.5 Å². The Morgan fingerprint density at radius 1 is 1.28 bits per heavy atom. The number of fused-ring (bicyclic) bond motifs is 1. The molecule has 1 aromatic carbocycles. The minimum Gasteiger partial charge on any atom is -0.380 e. The van der Waals surface area contributed by atoms with Gasteiger partial charge in [0.1, 0.15) is 16.3 Å². The van der Waals surface area contributed by atoms with Gasteiger partial charge in [0.2, 0.25) is 5.28 Å². The molecule has 4 rings (SSSR count). The first-order chi connectivity index (χ1) is 12.0. The molecule has 2 aromatic heterocycles. The van der Waals surface area contributed by atoms with Crippen LogP contribution in [0.1, 0.15) is 6.42 Å². The number of aromatic nitrogens is 3. The van der Waals surface area contributed by atoms with Crippen LogP contribution in [-0.4, -0.2) is 41.3 Å². The van der Waals surface area contributed by atoms with E-state index in [1.165, 1.54) is 23.5 Å². The van der Waals surface area contributed by atoms with Gasteiger partial charge in [0.15, 0.2) is 10.8 Å². The quantitative estimate of drug-likeness (QED) is 0.643. The summed E-state index contributed by atoms with van der Waals surface area (Å²) in [6, 6.07) is 3.35. The van der Waals surface area contributed by atoms with E-state index in [1.807, 2.05) is 0 Å². The number of thiazole rings is 1. The van der Waals surface area contributed by atoms with E-state index in [4.69, 9.17) is 16.3 Å². The van der Waals surface area contributed by atoms with Crippen molar-refractivity contribution in [2.45, 2.75) is 12.5 Å². The summed E-state index contributed by atoms with van der Waals surface area (Å²) in [6.45, 7) is 1.55. The topological polar surface area (TPSA) is 51.1 Å².